The molecule has 1 aromatic carbocycles. The minimum absolute atomic E-state index is 0.0909. The molecule has 1 fully saturated rings. The molecule has 20 heavy (non-hydrogen) atoms. The van der Waals surface area contributed by atoms with Crippen molar-refractivity contribution in [2.45, 2.75) is 39.4 Å². The summed E-state index contributed by atoms with van der Waals surface area (Å²) in [6, 6.07) is 7.90. The van der Waals surface area contributed by atoms with Gasteiger partial charge in [0.25, 0.3) is 0 Å². The van der Waals surface area contributed by atoms with Crippen molar-refractivity contribution in [1.29, 1.82) is 0 Å². The van der Waals surface area contributed by atoms with Crippen molar-refractivity contribution in [3.63, 3.8) is 0 Å². The second-order valence-corrected chi connectivity index (χ2v) is 5.83. The number of quaternary nitrogens is 1. The number of amides is 1. The number of rotatable bonds is 4. The van der Waals surface area contributed by atoms with E-state index in [0.29, 0.717) is 6.42 Å². The van der Waals surface area contributed by atoms with Crippen LogP contribution in [-0.4, -0.2) is 37.7 Å². The smallest absolute Gasteiger partial charge is 0.230 e. The molecule has 0 aliphatic carbocycles. The van der Waals surface area contributed by atoms with Crippen LogP contribution in [0.1, 0.15) is 25.8 Å². The third-order valence-electron chi connectivity index (χ3n) is 3.66. The van der Waals surface area contributed by atoms with E-state index in [0.717, 1.165) is 25.3 Å². The van der Waals surface area contributed by atoms with E-state index in [4.69, 9.17) is 4.74 Å². The predicted octanol–water partition coefficient (Wildman–Crippen LogP) is 1.02. The minimum Gasteiger partial charge on any atom is -0.364 e. The average Bonchev–Trinajstić information content (AvgIpc) is 2.38. The summed E-state index contributed by atoms with van der Waals surface area (Å²) in [4.78, 5) is 13.4. The lowest BCUT2D eigenvalue weighted by Crippen LogP contribution is -3.15. The van der Waals surface area contributed by atoms with Crippen molar-refractivity contribution < 1.29 is 14.4 Å². The van der Waals surface area contributed by atoms with Gasteiger partial charge < -0.3 is 15.0 Å². The van der Waals surface area contributed by atoms with Crippen molar-refractivity contribution in [3.05, 3.63) is 29.8 Å². The number of hydrogen-bond acceptors (Lipinski definition) is 2. The number of carbonyl (C=O) groups is 1. The molecule has 110 valence electrons. The maximum absolute atomic E-state index is 11.9. The lowest BCUT2D eigenvalue weighted by Gasteiger charge is -2.32. The second kappa shape index (κ2) is 6.86. The molecule has 0 aromatic heterocycles. The van der Waals surface area contributed by atoms with E-state index in [1.807, 2.05) is 31.2 Å². The molecular formula is C16H25N2O2+. The molecule has 1 aromatic rings. The zero-order valence-corrected chi connectivity index (χ0v) is 12.6. The van der Waals surface area contributed by atoms with Crippen LogP contribution >= 0.6 is 0 Å². The Labute approximate surface area is 121 Å². The van der Waals surface area contributed by atoms with Gasteiger partial charge in [-0.15, -0.1) is 0 Å². The molecule has 0 saturated carbocycles. The van der Waals surface area contributed by atoms with Gasteiger partial charge >= 0.3 is 0 Å². The van der Waals surface area contributed by atoms with E-state index in [1.165, 1.54) is 10.5 Å². The molecule has 1 saturated heterocycles. The normalized spacial score (nSPS) is 26.2. The van der Waals surface area contributed by atoms with Crippen molar-refractivity contribution in [2.75, 3.05) is 25.0 Å². The highest BCUT2D eigenvalue weighted by atomic mass is 16.5. The van der Waals surface area contributed by atoms with E-state index >= 15 is 0 Å². The van der Waals surface area contributed by atoms with Gasteiger partial charge in [0.05, 0.1) is 13.0 Å². The number of ether oxygens (including phenoxy) is 1. The Morgan fingerprint density at radius 3 is 2.45 bits per heavy atom. The van der Waals surface area contributed by atoms with Gasteiger partial charge in [0.15, 0.2) is 0 Å². The van der Waals surface area contributed by atoms with Gasteiger partial charge in [0.2, 0.25) is 5.91 Å². The lowest BCUT2D eigenvalue weighted by molar-refractivity contribution is -0.914. The third-order valence-corrected chi connectivity index (χ3v) is 3.66. The van der Waals surface area contributed by atoms with E-state index in [1.54, 1.807) is 0 Å². The quantitative estimate of drug-likeness (QED) is 0.863. The summed E-state index contributed by atoms with van der Waals surface area (Å²) in [5, 5.41) is 2.95. The number of morpholine rings is 1. The first-order valence-corrected chi connectivity index (χ1v) is 7.38. The van der Waals surface area contributed by atoms with E-state index in [2.05, 4.69) is 19.2 Å². The number of nitrogens with one attached hydrogen (secondary N) is 2. The van der Waals surface area contributed by atoms with Crippen LogP contribution in [-0.2, 0) is 9.53 Å². The maximum atomic E-state index is 11.9. The molecule has 1 aliphatic rings. The molecule has 1 heterocycles. The highest BCUT2D eigenvalue weighted by Gasteiger charge is 2.25. The molecule has 2 N–H and O–H groups in total. The first-order valence-electron chi connectivity index (χ1n) is 7.38. The standard InChI is InChI=1S/C16H24N2O2/c1-12-4-6-15(7-5-12)17-16(19)8-9-18-10-13(2)20-14(3)11-18/h4-7,13-14H,8-11H2,1-3H3,(H,17,19)/p+1/t13-,14+. The molecule has 2 rings (SSSR count). The summed E-state index contributed by atoms with van der Waals surface area (Å²) >= 11 is 0. The van der Waals surface area contributed by atoms with Crippen LogP contribution in [0.5, 0.6) is 0 Å². The average molecular weight is 277 g/mol. The Morgan fingerprint density at radius 1 is 1.25 bits per heavy atom. The van der Waals surface area contributed by atoms with E-state index in [9.17, 15) is 4.79 Å². The Kier molecular flexibility index (Phi) is 5.15. The lowest BCUT2D eigenvalue weighted by atomic mass is 10.2. The van der Waals surface area contributed by atoms with Crippen LogP contribution in [0, 0.1) is 6.92 Å². The van der Waals surface area contributed by atoms with Crippen molar-refractivity contribution in [1.82, 2.24) is 0 Å². The fourth-order valence-electron chi connectivity index (χ4n) is 2.74. The fraction of sp³-hybridized carbons (Fsp3) is 0.562. The second-order valence-electron chi connectivity index (χ2n) is 5.83. The molecule has 1 amide bonds. The first-order chi connectivity index (χ1) is 9.52. The molecule has 4 nitrogen and oxygen atoms in total. The predicted molar refractivity (Wildman–Crippen MR) is 80.0 cm³/mol. The molecule has 1 unspecified atom stereocenters. The summed E-state index contributed by atoms with van der Waals surface area (Å²) in [6.45, 7) is 9.08. The van der Waals surface area contributed by atoms with Crippen LogP contribution in [0.2, 0.25) is 0 Å². The van der Waals surface area contributed by atoms with Crippen molar-refractivity contribution in [2.24, 2.45) is 0 Å². The van der Waals surface area contributed by atoms with Gasteiger partial charge in [0.1, 0.15) is 25.3 Å². The molecule has 0 spiro atoms. The van der Waals surface area contributed by atoms with Gasteiger partial charge in [0, 0.05) is 5.69 Å². The zero-order chi connectivity index (χ0) is 14.5. The molecule has 4 heteroatoms. The monoisotopic (exact) mass is 277 g/mol. The first kappa shape index (κ1) is 15.0. The molecule has 1 aliphatic heterocycles. The van der Waals surface area contributed by atoms with Crippen LogP contribution in [0.3, 0.4) is 0 Å². The van der Waals surface area contributed by atoms with Crippen LogP contribution in [0.15, 0.2) is 24.3 Å². The Bertz CT molecular complexity index is 434. The number of aryl methyl sites for hydroxylation is 1. The SMILES string of the molecule is Cc1ccc(NC(=O)CC[NH+]2C[C@@H](C)O[C@@H](C)C2)cc1. The van der Waals surface area contributed by atoms with Crippen LogP contribution in [0.4, 0.5) is 5.69 Å². The third kappa shape index (κ3) is 4.62. The largest absolute Gasteiger partial charge is 0.364 e. The highest BCUT2D eigenvalue weighted by molar-refractivity contribution is 5.90. The van der Waals surface area contributed by atoms with Gasteiger partial charge in [-0.05, 0) is 32.9 Å². The molecular weight excluding hydrogens is 252 g/mol. The van der Waals surface area contributed by atoms with Crippen molar-refractivity contribution in [3.8, 4) is 0 Å². The maximum Gasteiger partial charge on any atom is 0.230 e. The van der Waals surface area contributed by atoms with Crippen molar-refractivity contribution >= 4 is 11.6 Å². The van der Waals surface area contributed by atoms with Gasteiger partial charge in [-0.2, -0.15) is 0 Å². The number of carbonyl (C=O) groups excluding carboxylic acids is 1. The molecule has 3 atom stereocenters. The summed E-state index contributed by atoms with van der Waals surface area (Å²) in [5.41, 5.74) is 2.07. The summed E-state index contributed by atoms with van der Waals surface area (Å²) in [5.74, 6) is 0.0909. The summed E-state index contributed by atoms with van der Waals surface area (Å²) < 4.78 is 5.71. The Balaban J connectivity index is 1.76. The zero-order valence-electron chi connectivity index (χ0n) is 12.6. The van der Waals surface area contributed by atoms with E-state index in [-0.39, 0.29) is 18.1 Å². The Morgan fingerprint density at radius 2 is 1.85 bits per heavy atom. The Hall–Kier alpha value is -1.39. The fourth-order valence-corrected chi connectivity index (χ4v) is 2.74. The van der Waals surface area contributed by atoms with Crippen LogP contribution in [0.25, 0.3) is 0 Å². The van der Waals surface area contributed by atoms with Gasteiger partial charge in [-0.25, -0.2) is 0 Å². The van der Waals surface area contributed by atoms with Crippen LogP contribution < -0.4 is 10.2 Å². The summed E-state index contributed by atoms with van der Waals surface area (Å²) in [6.07, 6.45) is 1.13. The highest BCUT2D eigenvalue weighted by Crippen LogP contribution is 2.08. The number of anilines is 1. The van der Waals surface area contributed by atoms with E-state index < -0.39 is 0 Å². The number of hydrogen-bond donors (Lipinski definition) is 2. The van der Waals surface area contributed by atoms with Gasteiger partial charge in [-0.1, -0.05) is 17.7 Å². The minimum atomic E-state index is 0.0909. The van der Waals surface area contributed by atoms with Gasteiger partial charge in [-0.3, -0.25) is 4.79 Å². The molecule has 0 bridgehead atoms. The molecule has 0 radical (unpaired) electrons. The topological polar surface area (TPSA) is 42.8 Å². The summed E-state index contributed by atoms with van der Waals surface area (Å²) in [7, 11) is 0. The number of benzene rings is 1.